The van der Waals surface area contributed by atoms with Crippen molar-refractivity contribution in [3.63, 3.8) is 0 Å². The van der Waals surface area contributed by atoms with Gasteiger partial charge in [0, 0.05) is 34.1 Å². The monoisotopic (exact) mass is 429 g/mol. The van der Waals surface area contributed by atoms with Crippen LogP contribution in [0.3, 0.4) is 0 Å². The lowest BCUT2D eigenvalue weighted by Gasteiger charge is -2.26. The van der Waals surface area contributed by atoms with E-state index < -0.39 is 0 Å². The third kappa shape index (κ3) is 3.47. The number of halogens is 1. The smallest absolute Gasteiger partial charge is 0.226 e. The molecule has 0 radical (unpaired) electrons. The van der Waals surface area contributed by atoms with Gasteiger partial charge in [0.15, 0.2) is 0 Å². The molecule has 3 aromatic carbocycles. The number of para-hydroxylation sites is 2. The summed E-state index contributed by atoms with van der Waals surface area (Å²) < 4.78 is 7.43. The number of carbonyl (C=O) groups is 1. The zero-order valence-corrected chi connectivity index (χ0v) is 17.6. The molecule has 31 heavy (non-hydrogen) atoms. The van der Waals surface area contributed by atoms with Crippen LogP contribution in [0.5, 0.6) is 5.75 Å². The van der Waals surface area contributed by atoms with Gasteiger partial charge in [0.05, 0.1) is 18.5 Å². The van der Waals surface area contributed by atoms with Crippen LogP contribution >= 0.6 is 11.6 Å². The third-order valence-corrected chi connectivity index (χ3v) is 5.80. The Kier molecular flexibility index (Phi) is 4.96. The molecule has 0 fully saturated rings. The maximum atomic E-state index is 12.8. The first-order chi connectivity index (χ1) is 15.2. The molecule has 6 heteroatoms. The molecule has 4 aromatic rings. The van der Waals surface area contributed by atoms with Crippen molar-refractivity contribution in [3.8, 4) is 22.7 Å². The van der Waals surface area contributed by atoms with Gasteiger partial charge in [-0.05, 0) is 30.3 Å². The van der Waals surface area contributed by atoms with Crippen molar-refractivity contribution in [2.75, 3.05) is 12.4 Å². The average molecular weight is 430 g/mol. The summed E-state index contributed by atoms with van der Waals surface area (Å²) in [7, 11) is 1.65. The Morgan fingerprint density at radius 2 is 1.71 bits per heavy atom. The standard InChI is InChI=1S/C25H20ClN3O2/c1-31-21-10-6-5-9-19(21)20-15-22(30)27-25-23(20)24(16-11-13-17(26)14-12-16)28-29(25)18-7-3-2-4-8-18/h2-14,20H,15H2,1H3,(H,27,30). The highest BCUT2D eigenvalue weighted by atomic mass is 35.5. The number of ether oxygens (including phenoxy) is 1. The molecule has 154 valence electrons. The largest absolute Gasteiger partial charge is 0.496 e. The minimum Gasteiger partial charge on any atom is -0.496 e. The van der Waals surface area contributed by atoms with Crippen LogP contribution in [0.2, 0.25) is 5.02 Å². The van der Waals surface area contributed by atoms with Crippen LogP contribution in [0.1, 0.15) is 23.5 Å². The lowest BCUT2D eigenvalue weighted by atomic mass is 9.84. The summed E-state index contributed by atoms with van der Waals surface area (Å²) in [5, 5.41) is 8.67. The molecule has 1 aliphatic rings. The highest BCUT2D eigenvalue weighted by molar-refractivity contribution is 6.30. The van der Waals surface area contributed by atoms with Gasteiger partial charge in [-0.1, -0.05) is 60.1 Å². The molecule has 2 heterocycles. The molecule has 1 aromatic heterocycles. The number of hydrogen-bond donors (Lipinski definition) is 1. The lowest BCUT2D eigenvalue weighted by molar-refractivity contribution is -0.116. The number of hydrogen-bond acceptors (Lipinski definition) is 3. The van der Waals surface area contributed by atoms with E-state index in [1.165, 1.54) is 0 Å². The molecule has 5 nitrogen and oxygen atoms in total. The van der Waals surface area contributed by atoms with Crippen molar-refractivity contribution in [2.45, 2.75) is 12.3 Å². The van der Waals surface area contributed by atoms with Crippen LogP contribution in [-0.2, 0) is 4.79 Å². The van der Waals surface area contributed by atoms with Crippen LogP contribution in [0, 0.1) is 0 Å². The number of carbonyl (C=O) groups excluding carboxylic acids is 1. The fourth-order valence-electron chi connectivity index (χ4n) is 4.15. The third-order valence-electron chi connectivity index (χ3n) is 5.55. The Labute approximate surface area is 185 Å². The Morgan fingerprint density at radius 3 is 2.45 bits per heavy atom. The van der Waals surface area contributed by atoms with Gasteiger partial charge < -0.3 is 10.1 Å². The minimum atomic E-state index is -0.192. The second-order valence-electron chi connectivity index (χ2n) is 7.41. The van der Waals surface area contributed by atoms with Crippen molar-refractivity contribution in [1.82, 2.24) is 9.78 Å². The fraction of sp³-hybridized carbons (Fsp3) is 0.120. The van der Waals surface area contributed by atoms with Gasteiger partial charge in [-0.3, -0.25) is 4.79 Å². The first-order valence-electron chi connectivity index (χ1n) is 10.0. The van der Waals surface area contributed by atoms with E-state index in [0.717, 1.165) is 33.8 Å². The number of benzene rings is 3. The number of aromatic nitrogens is 2. The van der Waals surface area contributed by atoms with E-state index in [1.54, 1.807) is 11.8 Å². The second-order valence-corrected chi connectivity index (χ2v) is 7.85. The minimum absolute atomic E-state index is 0.0526. The van der Waals surface area contributed by atoms with Gasteiger partial charge in [0.2, 0.25) is 5.91 Å². The summed E-state index contributed by atoms with van der Waals surface area (Å²) in [4.78, 5) is 12.8. The molecule has 0 bridgehead atoms. The number of nitrogens with zero attached hydrogens (tertiary/aromatic N) is 2. The maximum absolute atomic E-state index is 12.8. The highest BCUT2D eigenvalue weighted by Crippen LogP contribution is 2.46. The summed E-state index contributed by atoms with van der Waals surface area (Å²) >= 11 is 6.13. The first-order valence-corrected chi connectivity index (χ1v) is 10.4. The molecular weight excluding hydrogens is 410 g/mol. The Bertz CT molecular complexity index is 1250. The predicted molar refractivity (Wildman–Crippen MR) is 122 cm³/mol. The SMILES string of the molecule is COc1ccccc1C1CC(=O)Nc2c1c(-c1ccc(Cl)cc1)nn2-c1ccccc1. The summed E-state index contributed by atoms with van der Waals surface area (Å²) in [5.41, 5.74) is 4.55. The van der Waals surface area contributed by atoms with Crippen LogP contribution in [-0.4, -0.2) is 22.8 Å². The molecule has 1 aliphatic heterocycles. The summed E-state index contributed by atoms with van der Waals surface area (Å²) in [6.45, 7) is 0. The lowest BCUT2D eigenvalue weighted by Crippen LogP contribution is -2.25. The van der Waals surface area contributed by atoms with Crippen molar-refractivity contribution < 1.29 is 9.53 Å². The second kappa shape index (κ2) is 7.93. The molecule has 0 saturated carbocycles. The van der Waals surface area contributed by atoms with Gasteiger partial charge in [0.1, 0.15) is 11.6 Å². The van der Waals surface area contributed by atoms with Crippen molar-refractivity contribution in [1.29, 1.82) is 0 Å². The fourth-order valence-corrected chi connectivity index (χ4v) is 4.27. The van der Waals surface area contributed by atoms with Crippen LogP contribution < -0.4 is 10.1 Å². The molecule has 1 unspecified atom stereocenters. The van der Waals surface area contributed by atoms with Crippen LogP contribution in [0.25, 0.3) is 16.9 Å². The number of rotatable bonds is 4. The van der Waals surface area contributed by atoms with Gasteiger partial charge in [-0.2, -0.15) is 5.10 Å². The van der Waals surface area contributed by atoms with Gasteiger partial charge in [0.25, 0.3) is 0 Å². The van der Waals surface area contributed by atoms with Crippen molar-refractivity contribution in [3.05, 3.63) is 95.0 Å². The number of amides is 1. The van der Waals surface area contributed by atoms with E-state index in [9.17, 15) is 4.79 Å². The van der Waals surface area contributed by atoms with Crippen molar-refractivity contribution >= 4 is 23.3 Å². The van der Waals surface area contributed by atoms with Gasteiger partial charge in [-0.25, -0.2) is 4.68 Å². The molecule has 0 aliphatic carbocycles. The molecule has 1 N–H and O–H groups in total. The van der Waals surface area contributed by atoms with Crippen LogP contribution in [0.15, 0.2) is 78.9 Å². The topological polar surface area (TPSA) is 56.1 Å². The summed E-state index contributed by atoms with van der Waals surface area (Å²) in [5.74, 6) is 1.19. The van der Waals surface area contributed by atoms with Gasteiger partial charge in [-0.15, -0.1) is 0 Å². The zero-order valence-electron chi connectivity index (χ0n) is 16.9. The number of nitrogens with one attached hydrogen (secondary N) is 1. The summed E-state index contributed by atoms with van der Waals surface area (Å²) in [6, 6.07) is 25.2. The van der Waals surface area contributed by atoms with Crippen molar-refractivity contribution in [2.24, 2.45) is 0 Å². The normalized spacial score (nSPS) is 15.3. The number of anilines is 1. The molecule has 0 saturated heterocycles. The van der Waals surface area contributed by atoms with E-state index in [1.807, 2.05) is 78.9 Å². The number of fused-ring (bicyclic) bond motifs is 1. The number of methoxy groups -OCH3 is 1. The van der Waals surface area contributed by atoms with Gasteiger partial charge >= 0.3 is 0 Å². The molecular formula is C25H20ClN3O2. The average Bonchev–Trinajstić information content (AvgIpc) is 3.19. The van der Waals surface area contributed by atoms with E-state index >= 15 is 0 Å². The molecule has 1 amide bonds. The Balaban J connectivity index is 1.79. The molecule has 0 spiro atoms. The van der Waals surface area contributed by atoms with E-state index in [2.05, 4.69) is 5.32 Å². The van der Waals surface area contributed by atoms with E-state index in [-0.39, 0.29) is 11.8 Å². The Hall–Kier alpha value is -3.57. The summed E-state index contributed by atoms with van der Waals surface area (Å²) in [6.07, 6.45) is 0.314. The molecule has 1 atom stereocenters. The first kappa shape index (κ1) is 19.4. The quantitative estimate of drug-likeness (QED) is 0.454. The van der Waals surface area contributed by atoms with Crippen LogP contribution in [0.4, 0.5) is 5.82 Å². The van der Waals surface area contributed by atoms with E-state index in [4.69, 9.17) is 21.4 Å². The highest BCUT2D eigenvalue weighted by Gasteiger charge is 2.35. The Morgan fingerprint density at radius 1 is 1.00 bits per heavy atom. The maximum Gasteiger partial charge on any atom is 0.226 e. The zero-order chi connectivity index (χ0) is 21.4. The molecule has 5 rings (SSSR count). The van der Waals surface area contributed by atoms with E-state index in [0.29, 0.717) is 17.3 Å². The predicted octanol–water partition coefficient (Wildman–Crippen LogP) is 5.68.